The van der Waals surface area contributed by atoms with E-state index in [1.807, 2.05) is 6.92 Å². The first-order valence-electron chi connectivity index (χ1n) is 7.64. The molecule has 1 saturated heterocycles. The highest BCUT2D eigenvalue weighted by molar-refractivity contribution is 7.88. The van der Waals surface area contributed by atoms with E-state index in [4.69, 9.17) is 4.74 Å². The first-order chi connectivity index (χ1) is 10.9. The number of ether oxygens (including phenoxy) is 1. The highest BCUT2D eigenvalue weighted by Crippen LogP contribution is 2.16. The second kappa shape index (κ2) is 7.65. The molecular weight excluding hydrogens is 318 g/mol. The monoisotopic (exact) mass is 341 g/mol. The van der Waals surface area contributed by atoms with Gasteiger partial charge in [-0.1, -0.05) is 0 Å². The average Bonchev–Trinajstić information content (AvgIpc) is 2.49. The van der Waals surface area contributed by atoms with E-state index in [-0.39, 0.29) is 12.1 Å². The number of nitrogens with one attached hydrogen (secondary N) is 2. The van der Waals surface area contributed by atoms with Crippen molar-refractivity contribution < 1.29 is 17.9 Å². The van der Waals surface area contributed by atoms with Crippen LogP contribution in [-0.2, 0) is 10.0 Å². The minimum absolute atomic E-state index is 0.179. The summed E-state index contributed by atoms with van der Waals surface area (Å²) in [7, 11) is -3.22. The molecule has 2 amide bonds. The van der Waals surface area contributed by atoms with Crippen molar-refractivity contribution in [2.24, 2.45) is 0 Å². The van der Waals surface area contributed by atoms with Crippen molar-refractivity contribution in [2.75, 3.05) is 31.3 Å². The van der Waals surface area contributed by atoms with Gasteiger partial charge in [-0.05, 0) is 44.0 Å². The molecule has 1 aromatic rings. The molecule has 0 saturated carbocycles. The van der Waals surface area contributed by atoms with Crippen LogP contribution in [0.3, 0.4) is 0 Å². The maximum Gasteiger partial charge on any atom is 0.319 e. The molecule has 0 spiro atoms. The summed E-state index contributed by atoms with van der Waals surface area (Å²) >= 11 is 0. The number of sulfonamides is 1. The van der Waals surface area contributed by atoms with Gasteiger partial charge in [-0.15, -0.1) is 0 Å². The van der Waals surface area contributed by atoms with E-state index < -0.39 is 10.0 Å². The standard InChI is InChI=1S/C15H23N3O4S/c1-3-22-14-8-6-12(7-9-14)16-15(19)17-13-5-4-10-18(11-13)23(2,20)21/h6-9,13H,3-5,10-11H2,1-2H3,(H2,16,17,19)/t13-/m0/s1. The quantitative estimate of drug-likeness (QED) is 0.852. The van der Waals surface area contributed by atoms with Crippen molar-refractivity contribution in [2.45, 2.75) is 25.8 Å². The Morgan fingerprint density at radius 1 is 1.35 bits per heavy atom. The van der Waals surface area contributed by atoms with E-state index in [0.29, 0.717) is 25.4 Å². The van der Waals surface area contributed by atoms with Crippen LogP contribution in [-0.4, -0.2) is 50.7 Å². The van der Waals surface area contributed by atoms with E-state index in [1.165, 1.54) is 10.6 Å². The first kappa shape index (κ1) is 17.6. The van der Waals surface area contributed by atoms with Gasteiger partial charge in [-0.2, -0.15) is 0 Å². The molecule has 1 fully saturated rings. The third kappa shape index (κ3) is 5.40. The van der Waals surface area contributed by atoms with Crippen molar-refractivity contribution in [3.63, 3.8) is 0 Å². The van der Waals surface area contributed by atoms with Crippen molar-refractivity contribution in [3.05, 3.63) is 24.3 Å². The van der Waals surface area contributed by atoms with Gasteiger partial charge in [0.25, 0.3) is 0 Å². The zero-order valence-corrected chi connectivity index (χ0v) is 14.2. The molecule has 8 heteroatoms. The van der Waals surface area contributed by atoms with Gasteiger partial charge in [-0.3, -0.25) is 0 Å². The van der Waals surface area contributed by atoms with Crippen LogP contribution in [0.1, 0.15) is 19.8 Å². The topological polar surface area (TPSA) is 87.7 Å². The molecule has 1 aromatic carbocycles. The molecule has 1 aliphatic heterocycles. The molecule has 0 unspecified atom stereocenters. The largest absolute Gasteiger partial charge is 0.494 e. The lowest BCUT2D eigenvalue weighted by atomic mass is 10.1. The van der Waals surface area contributed by atoms with Crippen LogP contribution >= 0.6 is 0 Å². The summed E-state index contributed by atoms with van der Waals surface area (Å²) in [6.45, 7) is 3.32. The number of anilines is 1. The third-order valence-corrected chi connectivity index (χ3v) is 4.88. The van der Waals surface area contributed by atoms with Crippen LogP contribution in [0.4, 0.5) is 10.5 Å². The normalized spacial score (nSPS) is 19.1. The average molecular weight is 341 g/mol. The SMILES string of the molecule is CCOc1ccc(NC(=O)N[C@H]2CCCN(S(C)(=O)=O)C2)cc1. The Hall–Kier alpha value is -1.80. The highest BCUT2D eigenvalue weighted by Gasteiger charge is 2.26. The summed E-state index contributed by atoms with van der Waals surface area (Å²) in [5, 5.41) is 5.56. The molecule has 2 rings (SSSR count). The molecule has 2 N–H and O–H groups in total. The van der Waals surface area contributed by atoms with Gasteiger partial charge in [0.05, 0.1) is 12.9 Å². The Morgan fingerprint density at radius 2 is 2.04 bits per heavy atom. The molecular formula is C15H23N3O4S. The second-order valence-electron chi connectivity index (χ2n) is 5.52. The fourth-order valence-electron chi connectivity index (χ4n) is 2.52. The second-order valence-corrected chi connectivity index (χ2v) is 7.50. The van der Waals surface area contributed by atoms with E-state index in [1.54, 1.807) is 24.3 Å². The number of hydrogen-bond acceptors (Lipinski definition) is 4. The molecule has 1 aliphatic rings. The van der Waals surface area contributed by atoms with Gasteiger partial charge in [0.1, 0.15) is 5.75 Å². The van der Waals surface area contributed by atoms with Crippen LogP contribution in [0.2, 0.25) is 0 Å². The van der Waals surface area contributed by atoms with Crippen molar-refractivity contribution in [3.8, 4) is 5.75 Å². The van der Waals surface area contributed by atoms with Gasteiger partial charge < -0.3 is 15.4 Å². The van der Waals surface area contributed by atoms with Gasteiger partial charge in [-0.25, -0.2) is 17.5 Å². The number of carbonyl (C=O) groups excluding carboxylic acids is 1. The summed E-state index contributed by atoms with van der Waals surface area (Å²) in [5.41, 5.74) is 0.654. The highest BCUT2D eigenvalue weighted by atomic mass is 32.2. The maximum atomic E-state index is 12.0. The first-order valence-corrected chi connectivity index (χ1v) is 9.49. The fraction of sp³-hybridized carbons (Fsp3) is 0.533. The number of carbonyl (C=O) groups is 1. The molecule has 23 heavy (non-hydrogen) atoms. The Kier molecular flexibility index (Phi) is 5.84. The predicted octanol–water partition coefficient (Wildman–Crippen LogP) is 1.63. The van der Waals surface area contributed by atoms with Gasteiger partial charge in [0, 0.05) is 24.8 Å². The minimum atomic E-state index is -3.22. The predicted molar refractivity (Wildman–Crippen MR) is 89.2 cm³/mol. The molecule has 0 aromatic heterocycles. The summed E-state index contributed by atoms with van der Waals surface area (Å²) in [6.07, 6.45) is 2.69. The molecule has 1 heterocycles. The van der Waals surface area contributed by atoms with Crippen LogP contribution in [0, 0.1) is 0 Å². The van der Waals surface area contributed by atoms with E-state index in [2.05, 4.69) is 10.6 Å². The lowest BCUT2D eigenvalue weighted by Gasteiger charge is -2.31. The minimum Gasteiger partial charge on any atom is -0.494 e. The van der Waals surface area contributed by atoms with Crippen LogP contribution in [0.5, 0.6) is 5.75 Å². The number of piperidine rings is 1. The van der Waals surface area contributed by atoms with E-state index in [0.717, 1.165) is 18.6 Å². The molecule has 1 atom stereocenters. The van der Waals surface area contributed by atoms with Crippen molar-refractivity contribution in [1.82, 2.24) is 9.62 Å². The van der Waals surface area contributed by atoms with Crippen LogP contribution in [0.25, 0.3) is 0 Å². The van der Waals surface area contributed by atoms with Crippen LogP contribution < -0.4 is 15.4 Å². The Morgan fingerprint density at radius 3 is 2.65 bits per heavy atom. The number of amides is 2. The smallest absolute Gasteiger partial charge is 0.319 e. The third-order valence-electron chi connectivity index (χ3n) is 3.61. The fourth-order valence-corrected chi connectivity index (χ4v) is 3.43. The molecule has 0 bridgehead atoms. The van der Waals surface area contributed by atoms with E-state index >= 15 is 0 Å². The number of urea groups is 1. The molecule has 7 nitrogen and oxygen atoms in total. The Balaban J connectivity index is 1.86. The zero-order chi connectivity index (χ0) is 16.9. The van der Waals surface area contributed by atoms with Crippen molar-refractivity contribution >= 4 is 21.7 Å². The number of hydrogen-bond donors (Lipinski definition) is 2. The number of nitrogens with zero attached hydrogens (tertiary/aromatic N) is 1. The Bertz CT molecular complexity index is 631. The maximum absolute atomic E-state index is 12.0. The Labute approximate surface area is 137 Å². The van der Waals surface area contributed by atoms with Crippen molar-refractivity contribution in [1.29, 1.82) is 0 Å². The summed E-state index contributed by atoms with van der Waals surface area (Å²) in [6, 6.07) is 6.56. The molecule has 128 valence electrons. The van der Waals surface area contributed by atoms with Gasteiger partial charge in [0.15, 0.2) is 0 Å². The summed E-state index contributed by atoms with van der Waals surface area (Å²) < 4.78 is 29.9. The lowest BCUT2D eigenvalue weighted by Crippen LogP contribution is -2.50. The van der Waals surface area contributed by atoms with Gasteiger partial charge >= 0.3 is 6.03 Å². The van der Waals surface area contributed by atoms with Gasteiger partial charge in [0.2, 0.25) is 10.0 Å². The summed E-state index contributed by atoms with van der Waals surface area (Å²) in [4.78, 5) is 12.0. The summed E-state index contributed by atoms with van der Waals surface area (Å²) in [5.74, 6) is 0.745. The lowest BCUT2D eigenvalue weighted by molar-refractivity contribution is 0.236. The molecule has 0 radical (unpaired) electrons. The van der Waals surface area contributed by atoms with E-state index in [9.17, 15) is 13.2 Å². The number of benzene rings is 1. The molecule has 0 aliphatic carbocycles. The zero-order valence-electron chi connectivity index (χ0n) is 13.4. The van der Waals surface area contributed by atoms with Crippen LogP contribution in [0.15, 0.2) is 24.3 Å². The number of rotatable bonds is 5.